The van der Waals surface area contributed by atoms with Crippen molar-refractivity contribution >= 4 is 21.5 Å². The molecule has 0 saturated carbocycles. The number of ether oxygens (including phenoxy) is 1. The molecule has 8 heteroatoms. The van der Waals surface area contributed by atoms with E-state index in [0.717, 1.165) is 17.6 Å². The minimum Gasteiger partial charge on any atom is -0.495 e. The van der Waals surface area contributed by atoms with Crippen LogP contribution in [-0.4, -0.2) is 26.8 Å². The number of pyridine rings is 1. The van der Waals surface area contributed by atoms with E-state index < -0.39 is 15.8 Å². The summed E-state index contributed by atoms with van der Waals surface area (Å²) in [7, 11) is -1.85. The summed E-state index contributed by atoms with van der Waals surface area (Å²) in [5.74, 6) is -0.205. The van der Waals surface area contributed by atoms with E-state index >= 15 is 0 Å². The molecule has 3 N–H and O–H groups in total. The zero-order chi connectivity index (χ0) is 17.6. The Bertz CT molecular complexity index is 780. The van der Waals surface area contributed by atoms with Crippen LogP contribution in [-0.2, 0) is 10.0 Å². The minimum atomic E-state index is -3.47. The van der Waals surface area contributed by atoms with Crippen LogP contribution in [0.15, 0.2) is 30.5 Å². The molecule has 23 heavy (non-hydrogen) atoms. The number of methoxy groups -OCH3 is 1. The number of nitrogens with one attached hydrogen (secondary N) is 1. The predicted octanol–water partition coefficient (Wildman–Crippen LogP) is 2.49. The van der Waals surface area contributed by atoms with Crippen LogP contribution in [0, 0.1) is 19.7 Å². The maximum Gasteiger partial charge on any atom is 0.231 e. The van der Waals surface area contributed by atoms with Gasteiger partial charge >= 0.3 is 0 Å². The van der Waals surface area contributed by atoms with Gasteiger partial charge in [0.2, 0.25) is 10.0 Å². The number of aromatic nitrogens is 1. The Morgan fingerprint density at radius 3 is 2.35 bits per heavy atom. The average molecular weight is 341 g/mol. The molecule has 6 nitrogen and oxygen atoms in total. The standard InChI is InChI=1S/C8H11NO.C7H9FN2O2S/c1-6-3-4-8(10-2)7(9)5-6;1-5-3-6(8)7(9-4-5)10-13(2,11)12/h3-5H,9H2,1-2H3;3-4H,1-2H3,(H,9,10). The summed E-state index contributed by atoms with van der Waals surface area (Å²) >= 11 is 0. The van der Waals surface area contributed by atoms with Gasteiger partial charge in [0.25, 0.3) is 0 Å². The zero-order valence-corrected chi connectivity index (χ0v) is 14.2. The molecule has 0 atom stereocenters. The fourth-order valence-electron chi connectivity index (χ4n) is 1.64. The number of anilines is 2. The van der Waals surface area contributed by atoms with Crippen molar-refractivity contribution < 1.29 is 17.5 Å². The van der Waals surface area contributed by atoms with Gasteiger partial charge in [-0.05, 0) is 43.2 Å². The van der Waals surface area contributed by atoms with Crippen LogP contribution in [0.3, 0.4) is 0 Å². The zero-order valence-electron chi connectivity index (χ0n) is 13.4. The van der Waals surface area contributed by atoms with E-state index in [1.54, 1.807) is 14.0 Å². The van der Waals surface area contributed by atoms with Crippen molar-refractivity contribution in [3.63, 3.8) is 0 Å². The smallest absolute Gasteiger partial charge is 0.231 e. The molecule has 0 radical (unpaired) electrons. The van der Waals surface area contributed by atoms with Crippen LogP contribution < -0.4 is 15.2 Å². The maximum atomic E-state index is 13.0. The van der Waals surface area contributed by atoms with Gasteiger partial charge in [0.15, 0.2) is 11.6 Å². The van der Waals surface area contributed by atoms with Gasteiger partial charge in [0.1, 0.15) is 5.75 Å². The number of nitrogen functional groups attached to an aromatic ring is 1. The quantitative estimate of drug-likeness (QED) is 0.837. The molecule has 1 aromatic carbocycles. The topological polar surface area (TPSA) is 94.3 Å². The van der Waals surface area contributed by atoms with Gasteiger partial charge in [0.05, 0.1) is 19.1 Å². The molecule has 0 saturated heterocycles. The molecule has 0 aliphatic heterocycles. The molecule has 0 aliphatic rings. The van der Waals surface area contributed by atoms with E-state index in [9.17, 15) is 12.8 Å². The van der Waals surface area contributed by atoms with Gasteiger partial charge in [0, 0.05) is 6.20 Å². The first-order valence-corrected chi connectivity index (χ1v) is 8.51. The third-order valence-electron chi connectivity index (χ3n) is 2.65. The Morgan fingerprint density at radius 1 is 1.22 bits per heavy atom. The number of nitrogens with zero attached hydrogens (tertiary/aromatic N) is 1. The molecular formula is C15H20FN3O3S. The van der Waals surface area contributed by atoms with E-state index in [-0.39, 0.29) is 5.82 Å². The SMILES string of the molecule is COc1ccc(C)cc1N.Cc1cnc(NS(C)(=O)=O)c(F)c1. The second-order valence-electron chi connectivity index (χ2n) is 4.96. The molecule has 0 bridgehead atoms. The van der Waals surface area contributed by atoms with E-state index in [2.05, 4.69) is 4.98 Å². The fourth-order valence-corrected chi connectivity index (χ4v) is 2.14. The highest BCUT2D eigenvalue weighted by molar-refractivity contribution is 7.92. The summed E-state index contributed by atoms with van der Waals surface area (Å²) in [6.07, 6.45) is 2.32. The largest absolute Gasteiger partial charge is 0.495 e. The van der Waals surface area contributed by atoms with E-state index in [1.807, 2.05) is 29.8 Å². The van der Waals surface area contributed by atoms with E-state index in [1.165, 1.54) is 12.3 Å². The second kappa shape index (κ2) is 7.77. The molecule has 126 valence electrons. The van der Waals surface area contributed by atoms with Gasteiger partial charge in [-0.25, -0.2) is 17.8 Å². The first kappa shape index (κ1) is 18.7. The molecular weight excluding hydrogens is 321 g/mol. The second-order valence-corrected chi connectivity index (χ2v) is 6.71. The first-order valence-electron chi connectivity index (χ1n) is 6.62. The van der Waals surface area contributed by atoms with Crippen molar-refractivity contribution in [2.24, 2.45) is 0 Å². The third kappa shape index (κ3) is 6.52. The van der Waals surface area contributed by atoms with Gasteiger partial charge < -0.3 is 10.5 Å². The van der Waals surface area contributed by atoms with Crippen LogP contribution in [0.5, 0.6) is 5.75 Å². The van der Waals surface area contributed by atoms with Crippen molar-refractivity contribution in [2.45, 2.75) is 13.8 Å². The number of halogens is 1. The molecule has 0 aliphatic carbocycles. The highest BCUT2D eigenvalue weighted by Crippen LogP contribution is 2.20. The highest BCUT2D eigenvalue weighted by Gasteiger charge is 2.08. The van der Waals surface area contributed by atoms with Crippen molar-refractivity contribution in [3.05, 3.63) is 47.4 Å². The molecule has 2 rings (SSSR count). The van der Waals surface area contributed by atoms with Crippen molar-refractivity contribution in [3.8, 4) is 5.75 Å². The summed E-state index contributed by atoms with van der Waals surface area (Å²) in [6.45, 7) is 3.66. The van der Waals surface area contributed by atoms with Crippen LogP contribution >= 0.6 is 0 Å². The van der Waals surface area contributed by atoms with Gasteiger partial charge in [-0.15, -0.1) is 0 Å². The Labute approximate surface area is 135 Å². The Balaban J connectivity index is 0.000000238. The third-order valence-corrected chi connectivity index (χ3v) is 3.21. The van der Waals surface area contributed by atoms with E-state index in [0.29, 0.717) is 11.3 Å². The number of aryl methyl sites for hydroxylation is 2. The van der Waals surface area contributed by atoms with Gasteiger partial charge in [-0.2, -0.15) is 0 Å². The molecule has 1 heterocycles. The van der Waals surface area contributed by atoms with Crippen LogP contribution in [0.25, 0.3) is 0 Å². The lowest BCUT2D eigenvalue weighted by molar-refractivity contribution is 0.417. The summed E-state index contributed by atoms with van der Waals surface area (Å²) in [4.78, 5) is 3.60. The normalized spacial score (nSPS) is 10.5. The van der Waals surface area contributed by atoms with Gasteiger partial charge in [-0.3, -0.25) is 4.72 Å². The summed E-state index contributed by atoms with van der Waals surface area (Å²) in [5, 5.41) is 0. The van der Waals surface area contributed by atoms with Crippen molar-refractivity contribution in [2.75, 3.05) is 23.8 Å². The summed E-state index contributed by atoms with van der Waals surface area (Å²) in [6, 6.07) is 6.93. The number of benzene rings is 1. The number of nitrogens with two attached hydrogens (primary N) is 1. The molecule has 2 aromatic rings. The Kier molecular flexibility index (Phi) is 6.32. The number of sulfonamides is 1. The molecule has 0 unspecified atom stereocenters. The number of rotatable bonds is 3. The maximum absolute atomic E-state index is 13.0. The summed E-state index contributed by atoms with van der Waals surface area (Å²) in [5.41, 5.74) is 8.09. The van der Waals surface area contributed by atoms with Crippen molar-refractivity contribution in [1.29, 1.82) is 0 Å². The number of hydrogen-bond donors (Lipinski definition) is 2. The predicted molar refractivity (Wildman–Crippen MR) is 89.5 cm³/mol. The first-order chi connectivity index (χ1) is 10.6. The lowest BCUT2D eigenvalue weighted by Crippen LogP contribution is -2.12. The van der Waals surface area contributed by atoms with Crippen LogP contribution in [0.1, 0.15) is 11.1 Å². The van der Waals surface area contributed by atoms with Crippen molar-refractivity contribution in [1.82, 2.24) is 4.98 Å². The molecule has 0 spiro atoms. The van der Waals surface area contributed by atoms with Crippen LogP contribution in [0.4, 0.5) is 15.9 Å². The molecule has 0 amide bonds. The highest BCUT2D eigenvalue weighted by atomic mass is 32.2. The van der Waals surface area contributed by atoms with Crippen LogP contribution in [0.2, 0.25) is 0 Å². The summed E-state index contributed by atoms with van der Waals surface area (Å²) < 4.78 is 41.4. The molecule has 1 aromatic heterocycles. The minimum absolute atomic E-state index is 0.270. The van der Waals surface area contributed by atoms with E-state index in [4.69, 9.17) is 10.5 Å². The lowest BCUT2D eigenvalue weighted by Gasteiger charge is -2.03. The molecule has 0 fully saturated rings. The monoisotopic (exact) mass is 341 g/mol. The fraction of sp³-hybridized carbons (Fsp3) is 0.267. The Morgan fingerprint density at radius 2 is 1.87 bits per heavy atom. The number of hydrogen-bond acceptors (Lipinski definition) is 5. The Hall–Kier alpha value is -2.35. The van der Waals surface area contributed by atoms with Gasteiger partial charge in [-0.1, -0.05) is 6.07 Å². The lowest BCUT2D eigenvalue weighted by atomic mass is 10.2. The average Bonchev–Trinajstić information content (AvgIpc) is 2.42.